The van der Waals surface area contributed by atoms with Crippen LogP contribution in [0.3, 0.4) is 0 Å². The SMILES string of the molecule is CCCCN(C)C(=O)CN1C(=O)C(CC(=O)O)Oc2ccc(C)cc21. The molecule has 0 saturated heterocycles. The molecule has 1 aromatic carbocycles. The van der Waals surface area contributed by atoms with E-state index in [-0.39, 0.29) is 12.5 Å². The highest BCUT2D eigenvalue weighted by molar-refractivity contribution is 6.05. The highest BCUT2D eigenvalue weighted by atomic mass is 16.5. The summed E-state index contributed by atoms with van der Waals surface area (Å²) in [7, 11) is 1.70. The maximum absolute atomic E-state index is 12.7. The third-order valence-electron chi connectivity index (χ3n) is 4.14. The van der Waals surface area contributed by atoms with Gasteiger partial charge in [0.15, 0.2) is 6.10 Å². The van der Waals surface area contributed by atoms with E-state index < -0.39 is 24.4 Å². The number of aliphatic carboxylic acids is 1. The zero-order valence-corrected chi connectivity index (χ0v) is 14.8. The number of hydrogen-bond donors (Lipinski definition) is 1. The molecule has 0 fully saturated rings. The molecule has 1 N–H and O–H groups in total. The van der Waals surface area contributed by atoms with Crippen LogP contribution < -0.4 is 9.64 Å². The summed E-state index contributed by atoms with van der Waals surface area (Å²) < 4.78 is 5.55. The van der Waals surface area contributed by atoms with E-state index in [1.165, 1.54) is 4.90 Å². The van der Waals surface area contributed by atoms with E-state index in [0.717, 1.165) is 18.4 Å². The quantitative estimate of drug-likeness (QED) is 0.812. The van der Waals surface area contributed by atoms with Crippen LogP contribution in [0.15, 0.2) is 18.2 Å². The highest BCUT2D eigenvalue weighted by Gasteiger charge is 2.37. The number of benzene rings is 1. The smallest absolute Gasteiger partial charge is 0.307 e. The third-order valence-corrected chi connectivity index (χ3v) is 4.14. The number of unbranched alkanes of at least 4 members (excludes halogenated alkanes) is 1. The number of fused-ring (bicyclic) bond motifs is 1. The van der Waals surface area contributed by atoms with Crippen LogP contribution in [-0.2, 0) is 14.4 Å². The summed E-state index contributed by atoms with van der Waals surface area (Å²) in [6.07, 6.45) is 0.289. The van der Waals surface area contributed by atoms with Gasteiger partial charge in [-0.25, -0.2) is 0 Å². The average Bonchev–Trinajstić information content (AvgIpc) is 2.56. The van der Waals surface area contributed by atoms with Crippen LogP contribution in [0, 0.1) is 6.92 Å². The van der Waals surface area contributed by atoms with Crippen molar-refractivity contribution in [2.45, 2.75) is 39.2 Å². The first-order chi connectivity index (χ1) is 11.8. The second-order valence-electron chi connectivity index (χ2n) is 6.27. The first-order valence-corrected chi connectivity index (χ1v) is 8.38. The summed E-state index contributed by atoms with van der Waals surface area (Å²) in [5, 5.41) is 9.00. The molecule has 0 saturated carbocycles. The molecule has 0 aliphatic carbocycles. The lowest BCUT2D eigenvalue weighted by atomic mass is 10.1. The number of nitrogens with zero attached hydrogens (tertiary/aromatic N) is 2. The maximum atomic E-state index is 12.7. The van der Waals surface area contributed by atoms with Gasteiger partial charge in [-0.3, -0.25) is 19.3 Å². The number of carbonyl (C=O) groups is 3. The van der Waals surface area contributed by atoms with Crippen molar-refractivity contribution in [2.24, 2.45) is 0 Å². The zero-order valence-electron chi connectivity index (χ0n) is 14.8. The number of hydrogen-bond acceptors (Lipinski definition) is 4. The Bertz CT molecular complexity index is 673. The molecule has 0 radical (unpaired) electrons. The van der Waals surface area contributed by atoms with Crippen molar-refractivity contribution >= 4 is 23.5 Å². The highest BCUT2D eigenvalue weighted by Crippen LogP contribution is 2.35. The molecule has 2 amide bonds. The molecule has 0 bridgehead atoms. The molecular weight excluding hydrogens is 324 g/mol. The Labute approximate surface area is 147 Å². The summed E-state index contributed by atoms with van der Waals surface area (Å²) in [6, 6.07) is 5.29. The predicted molar refractivity (Wildman–Crippen MR) is 92.7 cm³/mol. The molecule has 0 aromatic heterocycles. The fourth-order valence-electron chi connectivity index (χ4n) is 2.66. The molecule has 1 unspecified atom stereocenters. The van der Waals surface area contributed by atoms with Gasteiger partial charge in [0, 0.05) is 13.6 Å². The lowest BCUT2D eigenvalue weighted by Crippen LogP contribution is -2.50. The van der Waals surface area contributed by atoms with Crippen molar-refractivity contribution in [3.63, 3.8) is 0 Å². The number of likely N-dealkylation sites (N-methyl/N-ethyl adjacent to an activating group) is 1. The predicted octanol–water partition coefficient (Wildman–Crippen LogP) is 1.82. The first kappa shape index (κ1) is 18.8. The largest absolute Gasteiger partial charge is 0.481 e. The molecule has 7 nitrogen and oxygen atoms in total. The van der Waals surface area contributed by atoms with E-state index in [0.29, 0.717) is 18.0 Å². The Balaban J connectivity index is 2.26. The van der Waals surface area contributed by atoms with E-state index in [9.17, 15) is 14.4 Å². The third kappa shape index (κ3) is 4.49. The van der Waals surface area contributed by atoms with Gasteiger partial charge in [0.05, 0.1) is 12.1 Å². The maximum Gasteiger partial charge on any atom is 0.307 e. The molecule has 0 spiro atoms. The van der Waals surface area contributed by atoms with E-state index in [1.807, 2.05) is 19.9 Å². The lowest BCUT2D eigenvalue weighted by Gasteiger charge is -2.34. The van der Waals surface area contributed by atoms with Crippen LogP contribution >= 0.6 is 0 Å². The Morgan fingerprint density at radius 1 is 1.36 bits per heavy atom. The second-order valence-corrected chi connectivity index (χ2v) is 6.27. The zero-order chi connectivity index (χ0) is 18.6. The molecule has 1 heterocycles. The van der Waals surface area contributed by atoms with Gasteiger partial charge in [-0.2, -0.15) is 0 Å². The summed E-state index contributed by atoms with van der Waals surface area (Å²) in [6.45, 7) is 4.41. The molecule has 136 valence electrons. The fourth-order valence-corrected chi connectivity index (χ4v) is 2.66. The Morgan fingerprint density at radius 2 is 2.08 bits per heavy atom. The standard InChI is InChI=1S/C18H24N2O5/c1-4-5-8-19(3)16(21)11-20-13-9-12(2)6-7-14(13)25-15(18(20)24)10-17(22)23/h6-7,9,15H,4-5,8,10-11H2,1-3H3,(H,22,23). The monoisotopic (exact) mass is 348 g/mol. The number of amides is 2. The van der Waals surface area contributed by atoms with Crippen molar-refractivity contribution in [3.05, 3.63) is 23.8 Å². The van der Waals surface area contributed by atoms with E-state index in [2.05, 4.69) is 0 Å². The number of carbonyl (C=O) groups excluding carboxylic acids is 2. The Morgan fingerprint density at radius 3 is 2.72 bits per heavy atom. The lowest BCUT2D eigenvalue weighted by molar-refractivity contribution is -0.142. The summed E-state index contributed by atoms with van der Waals surface area (Å²) >= 11 is 0. The fraction of sp³-hybridized carbons (Fsp3) is 0.500. The first-order valence-electron chi connectivity index (χ1n) is 8.38. The second kappa shape index (κ2) is 8.00. The minimum Gasteiger partial charge on any atom is -0.481 e. The van der Waals surface area contributed by atoms with Gasteiger partial charge in [0.1, 0.15) is 12.3 Å². The van der Waals surface area contributed by atoms with Crippen LogP contribution in [0.5, 0.6) is 5.75 Å². The van der Waals surface area contributed by atoms with E-state index >= 15 is 0 Å². The Kier molecular flexibility index (Phi) is 6.01. The molecule has 1 aromatic rings. The Hall–Kier alpha value is -2.57. The molecule has 7 heteroatoms. The molecule has 1 aliphatic rings. The van der Waals surface area contributed by atoms with Crippen molar-refractivity contribution in [1.82, 2.24) is 4.90 Å². The van der Waals surface area contributed by atoms with Gasteiger partial charge in [-0.05, 0) is 31.0 Å². The van der Waals surface area contributed by atoms with Crippen LogP contribution in [0.1, 0.15) is 31.7 Å². The van der Waals surface area contributed by atoms with Crippen LogP contribution in [0.25, 0.3) is 0 Å². The van der Waals surface area contributed by atoms with Gasteiger partial charge in [0.25, 0.3) is 5.91 Å². The minimum atomic E-state index is -1.12. The average molecular weight is 348 g/mol. The molecule has 1 atom stereocenters. The van der Waals surface area contributed by atoms with E-state index in [4.69, 9.17) is 9.84 Å². The summed E-state index contributed by atoms with van der Waals surface area (Å²) in [4.78, 5) is 39.1. The van der Waals surface area contributed by atoms with Crippen LogP contribution in [0.4, 0.5) is 5.69 Å². The number of ether oxygens (including phenoxy) is 1. The molecule has 1 aliphatic heterocycles. The van der Waals surface area contributed by atoms with Crippen molar-refractivity contribution < 1.29 is 24.2 Å². The molecule has 25 heavy (non-hydrogen) atoms. The van der Waals surface area contributed by atoms with Gasteiger partial charge < -0.3 is 14.7 Å². The van der Waals surface area contributed by atoms with Gasteiger partial charge in [0.2, 0.25) is 5.91 Å². The minimum absolute atomic E-state index is 0.130. The molecular formula is C18H24N2O5. The summed E-state index contributed by atoms with van der Waals surface area (Å²) in [5.41, 5.74) is 1.42. The van der Waals surface area contributed by atoms with Crippen molar-refractivity contribution in [1.29, 1.82) is 0 Å². The van der Waals surface area contributed by atoms with Crippen LogP contribution in [-0.4, -0.2) is 54.0 Å². The van der Waals surface area contributed by atoms with Crippen molar-refractivity contribution in [2.75, 3.05) is 25.0 Å². The van der Waals surface area contributed by atoms with Gasteiger partial charge in [-0.1, -0.05) is 19.4 Å². The van der Waals surface area contributed by atoms with Gasteiger partial charge >= 0.3 is 5.97 Å². The number of carboxylic acid groups (broad SMARTS) is 1. The van der Waals surface area contributed by atoms with Crippen LogP contribution in [0.2, 0.25) is 0 Å². The van der Waals surface area contributed by atoms with Gasteiger partial charge in [-0.15, -0.1) is 0 Å². The number of anilines is 1. The van der Waals surface area contributed by atoms with Crippen molar-refractivity contribution in [3.8, 4) is 5.75 Å². The normalized spacial score (nSPS) is 16.2. The number of carboxylic acids is 1. The topological polar surface area (TPSA) is 87.2 Å². The summed E-state index contributed by atoms with van der Waals surface area (Å²) in [5.74, 6) is -1.40. The number of aryl methyl sites for hydroxylation is 1. The molecule has 2 rings (SSSR count). The number of rotatable bonds is 7. The van der Waals surface area contributed by atoms with E-state index in [1.54, 1.807) is 24.1 Å².